The minimum atomic E-state index is -0.812. The molecule has 10 heteroatoms. The van der Waals surface area contributed by atoms with E-state index in [0.717, 1.165) is 5.56 Å². The summed E-state index contributed by atoms with van der Waals surface area (Å²) in [5, 5.41) is 20.7. The Labute approximate surface area is 182 Å². The number of rotatable bonds is 12. The molecule has 0 aliphatic heterocycles. The fourth-order valence-electron chi connectivity index (χ4n) is 2.80. The summed E-state index contributed by atoms with van der Waals surface area (Å²) >= 11 is 0. The molecule has 0 bridgehead atoms. The summed E-state index contributed by atoms with van der Waals surface area (Å²) in [6, 6.07) is 4.93. The molecule has 4 N–H and O–H groups in total. The lowest BCUT2D eigenvalue weighted by molar-refractivity contribution is -0.131. The molecule has 1 aromatic rings. The van der Waals surface area contributed by atoms with Crippen LogP contribution in [0.4, 0.5) is 5.69 Å². The lowest BCUT2D eigenvalue weighted by atomic mass is 10.0. The van der Waals surface area contributed by atoms with Crippen molar-refractivity contribution in [3.05, 3.63) is 40.3 Å². The summed E-state index contributed by atoms with van der Waals surface area (Å²) in [6.45, 7) is 6.86. The largest absolute Gasteiger partial charge is 0.392 e. The van der Waals surface area contributed by atoms with Crippen LogP contribution in [0.5, 0.6) is 0 Å². The molecule has 0 heterocycles. The molecule has 0 saturated carbocycles. The van der Waals surface area contributed by atoms with Gasteiger partial charge in [0.05, 0.1) is 6.61 Å². The van der Waals surface area contributed by atoms with Crippen LogP contribution >= 0.6 is 0 Å². The van der Waals surface area contributed by atoms with Gasteiger partial charge in [-0.25, -0.2) is 0 Å². The zero-order valence-electron chi connectivity index (χ0n) is 18.5. The molecule has 3 amide bonds. The third-order valence-electron chi connectivity index (χ3n) is 4.70. The molecular weight excluding hydrogens is 400 g/mol. The van der Waals surface area contributed by atoms with Crippen molar-refractivity contribution in [3.8, 4) is 0 Å². The molecule has 170 valence electrons. The smallest absolute Gasteiger partial charge is 0.246 e. The van der Waals surface area contributed by atoms with Gasteiger partial charge in [-0.1, -0.05) is 38.0 Å². The van der Waals surface area contributed by atoms with Gasteiger partial charge in [0.25, 0.3) is 0 Å². The maximum Gasteiger partial charge on any atom is 0.246 e. The van der Waals surface area contributed by atoms with Gasteiger partial charge in [-0.15, -0.1) is 0 Å². The Morgan fingerprint density at radius 1 is 1.06 bits per heavy atom. The van der Waals surface area contributed by atoms with Crippen molar-refractivity contribution in [3.63, 3.8) is 0 Å². The molecule has 0 fully saturated rings. The first-order valence-corrected chi connectivity index (χ1v) is 10.3. The first-order valence-electron chi connectivity index (χ1n) is 10.3. The molecule has 1 rings (SSSR count). The van der Waals surface area contributed by atoms with Gasteiger partial charge in [-0.2, -0.15) is 0 Å². The van der Waals surface area contributed by atoms with Crippen LogP contribution in [0, 0.1) is 5.92 Å². The van der Waals surface area contributed by atoms with Gasteiger partial charge in [0.2, 0.25) is 17.7 Å². The number of aliphatic hydroxyl groups is 1. The Balaban J connectivity index is 2.57. The molecule has 0 aliphatic carbocycles. The van der Waals surface area contributed by atoms with Crippen LogP contribution in [0.1, 0.15) is 52.5 Å². The summed E-state index contributed by atoms with van der Waals surface area (Å²) in [5.74, 6) is -1.29. The molecule has 1 unspecified atom stereocenters. The fourth-order valence-corrected chi connectivity index (χ4v) is 2.80. The number of anilines is 1. The summed E-state index contributed by atoms with van der Waals surface area (Å²) in [5.41, 5.74) is 9.67. The number of azide groups is 1. The van der Waals surface area contributed by atoms with E-state index in [0.29, 0.717) is 18.5 Å². The molecular formula is C21H32N6O4. The Morgan fingerprint density at radius 3 is 2.26 bits per heavy atom. The zero-order valence-corrected chi connectivity index (χ0v) is 18.5. The van der Waals surface area contributed by atoms with E-state index in [9.17, 15) is 14.4 Å². The van der Waals surface area contributed by atoms with E-state index in [4.69, 9.17) is 10.6 Å². The van der Waals surface area contributed by atoms with E-state index >= 15 is 0 Å². The zero-order chi connectivity index (χ0) is 23.4. The van der Waals surface area contributed by atoms with Crippen molar-refractivity contribution >= 4 is 23.4 Å². The Morgan fingerprint density at radius 2 is 1.71 bits per heavy atom. The van der Waals surface area contributed by atoms with Gasteiger partial charge >= 0.3 is 0 Å². The first-order chi connectivity index (χ1) is 14.7. The maximum atomic E-state index is 12.6. The number of amides is 3. The highest BCUT2D eigenvalue weighted by Crippen LogP contribution is 2.11. The van der Waals surface area contributed by atoms with E-state index in [1.54, 1.807) is 38.1 Å². The third-order valence-corrected chi connectivity index (χ3v) is 4.70. The van der Waals surface area contributed by atoms with Gasteiger partial charge in [0.15, 0.2) is 0 Å². The minimum Gasteiger partial charge on any atom is -0.392 e. The van der Waals surface area contributed by atoms with Gasteiger partial charge in [-0.05, 0) is 48.9 Å². The third kappa shape index (κ3) is 9.50. The van der Waals surface area contributed by atoms with Crippen LogP contribution in [0.2, 0.25) is 0 Å². The standard InChI is InChI=1S/C21H32N6O4/c1-13(2)19(25-18(29)7-5-6-14(3)26-27-22)21(31)23-15(4)20(30)24-17-10-8-16(12-28)9-11-17/h8-11,13-15,19,28H,5-7,12H2,1-4H3,(H,23,31)(H,24,30)(H,25,29)/t14?,15-,19-/m0/s1. The normalized spacial score (nSPS) is 13.5. The van der Waals surface area contributed by atoms with Crippen molar-refractivity contribution < 1.29 is 19.5 Å². The Kier molecular flexibility index (Phi) is 11.1. The number of carbonyl (C=O) groups excluding carboxylic acids is 3. The van der Waals surface area contributed by atoms with Crippen molar-refractivity contribution in [1.29, 1.82) is 0 Å². The highest BCUT2D eigenvalue weighted by Gasteiger charge is 2.26. The van der Waals surface area contributed by atoms with Crippen LogP contribution < -0.4 is 16.0 Å². The second kappa shape index (κ2) is 13.3. The second-order valence-corrected chi connectivity index (χ2v) is 7.81. The van der Waals surface area contributed by atoms with Crippen LogP contribution in [-0.2, 0) is 21.0 Å². The Bertz CT molecular complexity index is 790. The molecule has 1 aromatic carbocycles. The summed E-state index contributed by atoms with van der Waals surface area (Å²) in [7, 11) is 0. The van der Waals surface area contributed by atoms with Crippen LogP contribution in [0.15, 0.2) is 29.4 Å². The molecule has 10 nitrogen and oxygen atoms in total. The average molecular weight is 433 g/mol. The highest BCUT2D eigenvalue weighted by atomic mass is 16.3. The van der Waals surface area contributed by atoms with Gasteiger partial charge in [-0.3, -0.25) is 14.4 Å². The van der Waals surface area contributed by atoms with Gasteiger partial charge in [0, 0.05) is 23.1 Å². The SMILES string of the molecule is CC(CCCC(=O)N[C@H](C(=O)N[C@@H](C)C(=O)Nc1ccc(CO)cc1)C(C)C)N=[N+]=[N-]. The summed E-state index contributed by atoms with van der Waals surface area (Å²) in [6.07, 6.45) is 1.32. The summed E-state index contributed by atoms with van der Waals surface area (Å²) in [4.78, 5) is 40.0. The molecule has 0 spiro atoms. The van der Waals surface area contributed by atoms with Crippen LogP contribution in [0.25, 0.3) is 10.4 Å². The van der Waals surface area contributed by atoms with Crippen LogP contribution in [0.3, 0.4) is 0 Å². The molecule has 0 aliphatic rings. The van der Waals surface area contributed by atoms with E-state index in [-0.39, 0.29) is 30.9 Å². The Hall–Kier alpha value is -3.10. The minimum absolute atomic E-state index is 0.0875. The number of nitrogens with zero attached hydrogens (tertiary/aromatic N) is 3. The molecule has 0 aromatic heterocycles. The number of carbonyl (C=O) groups is 3. The van der Waals surface area contributed by atoms with E-state index in [2.05, 4.69) is 26.0 Å². The number of benzene rings is 1. The fraction of sp³-hybridized carbons (Fsp3) is 0.571. The number of hydrogen-bond donors (Lipinski definition) is 4. The van der Waals surface area contributed by atoms with E-state index in [1.807, 2.05) is 13.8 Å². The number of nitrogens with one attached hydrogen (secondary N) is 3. The topological polar surface area (TPSA) is 156 Å². The molecule has 31 heavy (non-hydrogen) atoms. The number of aliphatic hydroxyl groups excluding tert-OH is 1. The quantitative estimate of drug-likeness (QED) is 0.227. The lowest BCUT2D eigenvalue weighted by Crippen LogP contribution is -2.53. The average Bonchev–Trinajstić information content (AvgIpc) is 2.72. The number of hydrogen-bond acceptors (Lipinski definition) is 5. The van der Waals surface area contributed by atoms with E-state index < -0.39 is 23.9 Å². The second-order valence-electron chi connectivity index (χ2n) is 7.81. The highest BCUT2D eigenvalue weighted by molar-refractivity contribution is 5.98. The molecule has 0 saturated heterocycles. The van der Waals surface area contributed by atoms with Crippen molar-refractivity contribution in [1.82, 2.24) is 10.6 Å². The van der Waals surface area contributed by atoms with Gasteiger partial charge < -0.3 is 21.1 Å². The summed E-state index contributed by atoms with van der Waals surface area (Å²) < 4.78 is 0. The van der Waals surface area contributed by atoms with Gasteiger partial charge in [0.1, 0.15) is 12.1 Å². The van der Waals surface area contributed by atoms with Crippen molar-refractivity contribution in [2.24, 2.45) is 11.0 Å². The van der Waals surface area contributed by atoms with Crippen molar-refractivity contribution in [2.45, 2.75) is 71.7 Å². The first kappa shape index (κ1) is 25.9. The predicted octanol–water partition coefficient (Wildman–Crippen LogP) is 2.63. The maximum absolute atomic E-state index is 12.6. The lowest BCUT2D eigenvalue weighted by Gasteiger charge is -2.24. The predicted molar refractivity (Wildman–Crippen MR) is 118 cm³/mol. The monoisotopic (exact) mass is 432 g/mol. The van der Waals surface area contributed by atoms with Crippen LogP contribution in [-0.4, -0.2) is 41.0 Å². The van der Waals surface area contributed by atoms with E-state index in [1.165, 1.54) is 0 Å². The molecule has 3 atom stereocenters. The van der Waals surface area contributed by atoms with Crippen molar-refractivity contribution in [2.75, 3.05) is 5.32 Å². The molecule has 0 radical (unpaired) electrons.